The van der Waals surface area contributed by atoms with Crippen molar-refractivity contribution in [1.29, 1.82) is 0 Å². The van der Waals surface area contributed by atoms with E-state index >= 15 is 0 Å². The topological polar surface area (TPSA) is 132 Å². The molecule has 0 rings (SSSR count). The molecule has 0 fully saturated rings. The minimum atomic E-state index is -3.13. The van der Waals surface area contributed by atoms with Gasteiger partial charge in [-0.1, -0.05) is 0 Å². The van der Waals surface area contributed by atoms with E-state index in [1.54, 1.807) is 0 Å². The molecule has 0 saturated heterocycles. The molecular formula is C4H8CaO7Si. The van der Waals surface area contributed by atoms with Crippen molar-refractivity contribution < 1.29 is 33.9 Å². The maximum atomic E-state index is 9.55. The van der Waals surface area contributed by atoms with Crippen LogP contribution in [0, 0.1) is 0 Å². The minimum absolute atomic E-state index is 0. The van der Waals surface area contributed by atoms with Crippen LogP contribution in [0.15, 0.2) is 12.2 Å². The van der Waals surface area contributed by atoms with Crippen LogP contribution in [-0.4, -0.2) is 78.7 Å². The fourth-order valence-electron chi connectivity index (χ4n) is 0.143. The molecule has 9 heteroatoms. The fraction of sp³-hybridized carbons (Fsp3) is 0. The summed E-state index contributed by atoms with van der Waals surface area (Å²) in [6.45, 7) is 0. The Hall–Kier alpha value is -0.443. The van der Waals surface area contributed by atoms with Gasteiger partial charge in [0.2, 0.25) is 0 Å². The van der Waals surface area contributed by atoms with E-state index in [1.807, 2.05) is 0 Å². The van der Waals surface area contributed by atoms with Crippen molar-refractivity contribution in [3.05, 3.63) is 12.2 Å². The van der Waals surface area contributed by atoms with Gasteiger partial charge in [0.25, 0.3) is 0 Å². The normalized spacial score (nSPS) is 7.69. The molecule has 0 aliphatic rings. The molecule has 0 heterocycles. The number of carbonyl (C=O) groups is 2. The van der Waals surface area contributed by atoms with E-state index in [4.69, 9.17) is 24.3 Å². The molecule has 72 valence electrons. The average molecular weight is 236 g/mol. The zero-order valence-corrected chi connectivity index (χ0v) is 6.67. The van der Waals surface area contributed by atoms with Gasteiger partial charge in [0.05, 0.1) is 0 Å². The van der Waals surface area contributed by atoms with Crippen LogP contribution in [0.4, 0.5) is 0 Å². The van der Waals surface area contributed by atoms with Crippen molar-refractivity contribution in [3.63, 3.8) is 0 Å². The van der Waals surface area contributed by atoms with Crippen LogP contribution in [0.5, 0.6) is 0 Å². The van der Waals surface area contributed by atoms with Crippen LogP contribution in [0.3, 0.4) is 0 Å². The number of hydrogen-bond donors (Lipinski definition) is 4. The molecule has 0 spiro atoms. The number of aliphatic carboxylic acids is 2. The Morgan fingerprint density at radius 3 is 1.23 bits per heavy atom. The van der Waals surface area contributed by atoms with Gasteiger partial charge in [-0.05, 0) is 0 Å². The number of hydrogen-bond acceptors (Lipinski definition) is 3. The van der Waals surface area contributed by atoms with Crippen LogP contribution >= 0.6 is 0 Å². The van der Waals surface area contributed by atoms with Crippen molar-refractivity contribution >= 4 is 58.8 Å². The second-order valence-electron chi connectivity index (χ2n) is 1.29. The molecule has 0 radical (unpaired) electrons. The molecule has 0 bridgehead atoms. The number of rotatable bonds is 2. The summed E-state index contributed by atoms with van der Waals surface area (Å²) in [6, 6.07) is 0. The van der Waals surface area contributed by atoms with Crippen molar-refractivity contribution in [2.75, 3.05) is 0 Å². The monoisotopic (exact) mass is 236 g/mol. The zero-order valence-electron chi connectivity index (χ0n) is 5.67. The second kappa shape index (κ2) is 11.6. The third-order valence-corrected chi connectivity index (χ3v) is 0.368. The molecule has 0 amide bonds. The molecule has 0 atom stereocenters. The molecule has 0 aromatic rings. The Balaban J connectivity index is -0.000000173. The van der Waals surface area contributed by atoms with Crippen molar-refractivity contribution in [2.24, 2.45) is 0 Å². The first-order chi connectivity index (χ1) is 5.36. The van der Waals surface area contributed by atoms with Crippen molar-refractivity contribution in [1.82, 2.24) is 0 Å². The third kappa shape index (κ3) is 50.8. The van der Waals surface area contributed by atoms with Crippen LogP contribution in [0.25, 0.3) is 0 Å². The quantitative estimate of drug-likeness (QED) is 0.300. The van der Waals surface area contributed by atoms with E-state index in [1.165, 1.54) is 0 Å². The summed E-state index contributed by atoms with van der Waals surface area (Å²) < 4.78 is 8.74. The molecule has 13 heavy (non-hydrogen) atoms. The molecule has 0 aromatic carbocycles. The van der Waals surface area contributed by atoms with Gasteiger partial charge in [0.15, 0.2) is 0 Å². The summed E-state index contributed by atoms with van der Waals surface area (Å²) >= 11 is 0. The van der Waals surface area contributed by atoms with Crippen LogP contribution < -0.4 is 0 Å². The van der Waals surface area contributed by atoms with Gasteiger partial charge in [-0.25, -0.2) is 9.59 Å². The summed E-state index contributed by atoms with van der Waals surface area (Å²) in [5.74, 6) is -2.51. The standard InChI is InChI=1S/C4H4O4.Ca.H2O3Si.2H/c5-3(6)1-2-4(7)8;;1-4(2)3;;/h1-2H,(H,5,6)(H,7,8);;1-2H;;/b2-1+;;;;. The molecule has 4 N–H and O–H groups in total. The van der Waals surface area contributed by atoms with Gasteiger partial charge in [-0.2, -0.15) is 0 Å². The summed E-state index contributed by atoms with van der Waals surface area (Å²) in [5, 5.41) is 15.6. The van der Waals surface area contributed by atoms with Crippen molar-refractivity contribution in [2.45, 2.75) is 0 Å². The van der Waals surface area contributed by atoms with Crippen molar-refractivity contribution in [3.8, 4) is 0 Å². The second-order valence-corrected chi connectivity index (χ2v) is 1.86. The average Bonchev–Trinajstić information content (AvgIpc) is 1.82. The van der Waals surface area contributed by atoms with E-state index < -0.39 is 21.1 Å². The molecule has 0 aliphatic carbocycles. The van der Waals surface area contributed by atoms with E-state index in [0.29, 0.717) is 12.2 Å². The van der Waals surface area contributed by atoms with Crippen LogP contribution in [0.1, 0.15) is 0 Å². The van der Waals surface area contributed by atoms with Gasteiger partial charge in [0.1, 0.15) is 0 Å². The molecular weight excluding hydrogens is 228 g/mol. The van der Waals surface area contributed by atoms with E-state index in [0.717, 1.165) is 0 Å². The van der Waals surface area contributed by atoms with Gasteiger partial charge in [-0.3, -0.25) is 4.46 Å². The van der Waals surface area contributed by atoms with E-state index in [9.17, 15) is 9.59 Å². The maximum absolute atomic E-state index is 9.55. The molecule has 0 unspecified atom stereocenters. The summed E-state index contributed by atoms with van der Waals surface area (Å²) in [7, 11) is -3.13. The Morgan fingerprint density at radius 2 is 1.15 bits per heavy atom. The first-order valence-electron chi connectivity index (χ1n) is 2.42. The van der Waals surface area contributed by atoms with Gasteiger partial charge in [-0.15, -0.1) is 0 Å². The SMILES string of the molecule is O=C(O)/C=C/C(=O)O.O=[Si](O)O.[CaH2]. The predicted octanol–water partition coefficient (Wildman–Crippen LogP) is -2.82. The van der Waals surface area contributed by atoms with Crippen LogP contribution in [-0.2, 0) is 14.1 Å². The summed E-state index contributed by atoms with van der Waals surface area (Å²) in [5.41, 5.74) is 0. The molecule has 0 saturated carbocycles. The summed E-state index contributed by atoms with van der Waals surface area (Å²) in [4.78, 5) is 33.4. The molecule has 0 aromatic heterocycles. The number of carboxylic acids is 2. The van der Waals surface area contributed by atoms with Gasteiger partial charge >= 0.3 is 58.8 Å². The Labute approximate surface area is 104 Å². The first kappa shape index (κ1) is 18.4. The van der Waals surface area contributed by atoms with Gasteiger partial charge < -0.3 is 19.8 Å². The zero-order chi connectivity index (χ0) is 10.1. The van der Waals surface area contributed by atoms with Gasteiger partial charge in [0, 0.05) is 12.2 Å². The fourth-order valence-corrected chi connectivity index (χ4v) is 0.143. The third-order valence-electron chi connectivity index (χ3n) is 0.368. The molecule has 7 nitrogen and oxygen atoms in total. The van der Waals surface area contributed by atoms with E-state index in [2.05, 4.69) is 0 Å². The van der Waals surface area contributed by atoms with Crippen LogP contribution in [0.2, 0.25) is 0 Å². The molecule has 0 aliphatic heterocycles. The Bertz CT molecular complexity index is 193. The Morgan fingerprint density at radius 1 is 1.00 bits per heavy atom. The summed E-state index contributed by atoms with van der Waals surface area (Å²) in [6.07, 6.45) is 1.12. The van der Waals surface area contributed by atoms with E-state index in [-0.39, 0.29) is 37.7 Å². The Kier molecular flexibility index (Phi) is 16.3. The predicted molar refractivity (Wildman–Crippen MR) is 43.8 cm³/mol. The number of carboxylic acid groups (broad SMARTS) is 2. The first-order valence-corrected chi connectivity index (χ1v) is 3.72.